The van der Waals surface area contributed by atoms with Gasteiger partial charge in [-0.15, -0.1) is 0 Å². The maximum Gasteiger partial charge on any atom is 0.313 e. The number of carbonyl (C=O) groups is 2. The van der Waals surface area contributed by atoms with Crippen molar-refractivity contribution in [2.75, 3.05) is 5.32 Å². The first-order valence-corrected chi connectivity index (χ1v) is 9.46. The summed E-state index contributed by atoms with van der Waals surface area (Å²) in [5.74, 6) is -1.74. The largest absolute Gasteiger partial charge is 0.341 e. The number of carbonyl (C=O) groups excluding carboxylic acids is 2. The van der Waals surface area contributed by atoms with Gasteiger partial charge < -0.3 is 10.6 Å². The highest BCUT2D eigenvalue weighted by Gasteiger charge is 2.22. The van der Waals surface area contributed by atoms with Crippen LogP contribution in [0.4, 0.5) is 11.4 Å². The molecule has 2 aromatic rings. The van der Waals surface area contributed by atoms with E-state index in [0.29, 0.717) is 6.42 Å². The average molecular weight is 381 g/mol. The molecule has 0 aliphatic heterocycles. The van der Waals surface area contributed by atoms with E-state index in [9.17, 15) is 19.7 Å². The molecule has 2 amide bonds. The van der Waals surface area contributed by atoms with Gasteiger partial charge >= 0.3 is 11.8 Å². The van der Waals surface area contributed by atoms with E-state index in [1.54, 1.807) is 6.07 Å². The summed E-state index contributed by atoms with van der Waals surface area (Å²) in [6.07, 6.45) is 5.11. The van der Waals surface area contributed by atoms with Crippen LogP contribution in [0.1, 0.15) is 48.9 Å². The van der Waals surface area contributed by atoms with Crippen LogP contribution in [0, 0.1) is 10.1 Å². The summed E-state index contributed by atoms with van der Waals surface area (Å²) in [5.41, 5.74) is 3.36. The van der Waals surface area contributed by atoms with Crippen molar-refractivity contribution < 1.29 is 14.5 Å². The molecule has 0 saturated heterocycles. The molecule has 28 heavy (non-hydrogen) atoms. The molecule has 146 valence electrons. The van der Waals surface area contributed by atoms with Gasteiger partial charge in [-0.1, -0.05) is 37.3 Å². The van der Waals surface area contributed by atoms with E-state index in [1.807, 2.05) is 13.0 Å². The van der Waals surface area contributed by atoms with Gasteiger partial charge in [-0.2, -0.15) is 0 Å². The van der Waals surface area contributed by atoms with Crippen molar-refractivity contribution in [2.24, 2.45) is 0 Å². The number of nitrogens with one attached hydrogen (secondary N) is 2. The van der Waals surface area contributed by atoms with Crippen LogP contribution in [0.5, 0.6) is 0 Å². The van der Waals surface area contributed by atoms with Crippen LogP contribution in [0.3, 0.4) is 0 Å². The van der Waals surface area contributed by atoms with Gasteiger partial charge in [-0.3, -0.25) is 19.7 Å². The second-order valence-corrected chi connectivity index (χ2v) is 6.90. The molecule has 0 aromatic heterocycles. The molecule has 0 saturated carbocycles. The molecule has 7 nitrogen and oxygen atoms in total. The SMILES string of the molecule is CCC(NC(=O)C(=O)Nc1ccccc1[N+](=O)[O-])c1ccc2c(c1)CCCC2. The highest BCUT2D eigenvalue weighted by Crippen LogP contribution is 2.26. The fraction of sp³-hybridized carbons (Fsp3) is 0.333. The maximum atomic E-state index is 12.4. The first-order chi connectivity index (χ1) is 13.5. The van der Waals surface area contributed by atoms with E-state index >= 15 is 0 Å². The van der Waals surface area contributed by atoms with E-state index in [4.69, 9.17) is 0 Å². The molecule has 1 atom stereocenters. The molecular formula is C21H23N3O4. The average Bonchev–Trinajstić information content (AvgIpc) is 2.71. The molecule has 1 aliphatic carbocycles. The maximum absolute atomic E-state index is 12.4. The zero-order valence-corrected chi connectivity index (χ0v) is 15.7. The third-order valence-corrected chi connectivity index (χ3v) is 5.04. The van der Waals surface area contributed by atoms with Crippen LogP contribution >= 0.6 is 0 Å². The summed E-state index contributed by atoms with van der Waals surface area (Å²) in [7, 11) is 0. The van der Waals surface area contributed by atoms with Crippen LogP contribution in [0.15, 0.2) is 42.5 Å². The lowest BCUT2D eigenvalue weighted by Gasteiger charge is -2.21. The van der Waals surface area contributed by atoms with E-state index in [1.165, 1.54) is 35.7 Å². The Hall–Kier alpha value is -3.22. The number of hydrogen-bond donors (Lipinski definition) is 2. The zero-order chi connectivity index (χ0) is 20.1. The molecule has 0 fully saturated rings. The lowest BCUT2D eigenvalue weighted by Crippen LogP contribution is -2.37. The fourth-order valence-electron chi connectivity index (χ4n) is 3.53. The summed E-state index contributed by atoms with van der Waals surface area (Å²) >= 11 is 0. The Morgan fingerprint density at radius 1 is 1.07 bits per heavy atom. The van der Waals surface area contributed by atoms with Crippen LogP contribution in [0.2, 0.25) is 0 Å². The van der Waals surface area contributed by atoms with Crippen molar-refractivity contribution in [3.63, 3.8) is 0 Å². The Morgan fingerprint density at radius 2 is 1.79 bits per heavy atom. The molecule has 0 spiro atoms. The molecule has 0 bridgehead atoms. The normalized spacial score (nSPS) is 13.9. The van der Waals surface area contributed by atoms with Gasteiger partial charge in [-0.05, 0) is 54.9 Å². The Kier molecular flexibility index (Phi) is 6.03. The lowest BCUT2D eigenvalue weighted by atomic mass is 9.89. The molecule has 0 heterocycles. The van der Waals surface area contributed by atoms with Gasteiger partial charge in [0.2, 0.25) is 0 Å². The number of amides is 2. The van der Waals surface area contributed by atoms with Gasteiger partial charge in [0, 0.05) is 6.07 Å². The summed E-state index contributed by atoms with van der Waals surface area (Å²) < 4.78 is 0. The molecule has 1 aliphatic rings. The topological polar surface area (TPSA) is 101 Å². The molecule has 2 N–H and O–H groups in total. The molecule has 3 rings (SSSR count). The number of hydrogen-bond acceptors (Lipinski definition) is 4. The number of nitro groups is 1. The van der Waals surface area contributed by atoms with Crippen molar-refractivity contribution in [3.8, 4) is 0 Å². The number of nitrogens with zero attached hydrogens (tertiary/aromatic N) is 1. The van der Waals surface area contributed by atoms with Crippen molar-refractivity contribution in [1.82, 2.24) is 5.32 Å². The first-order valence-electron chi connectivity index (χ1n) is 9.46. The number of nitro benzene ring substituents is 1. The number of anilines is 1. The second kappa shape index (κ2) is 8.65. The number of para-hydroxylation sites is 2. The fourth-order valence-corrected chi connectivity index (χ4v) is 3.53. The van der Waals surface area contributed by atoms with Crippen molar-refractivity contribution in [3.05, 3.63) is 69.3 Å². The van der Waals surface area contributed by atoms with Crippen molar-refractivity contribution in [2.45, 2.75) is 45.1 Å². The molecule has 1 unspecified atom stereocenters. The minimum atomic E-state index is -0.925. The predicted molar refractivity (Wildman–Crippen MR) is 106 cm³/mol. The zero-order valence-electron chi connectivity index (χ0n) is 15.7. The van der Waals surface area contributed by atoms with Gasteiger partial charge in [0.25, 0.3) is 5.69 Å². The van der Waals surface area contributed by atoms with E-state index in [0.717, 1.165) is 24.8 Å². The Balaban J connectivity index is 1.70. The van der Waals surface area contributed by atoms with Crippen molar-refractivity contribution in [1.29, 1.82) is 0 Å². The quantitative estimate of drug-likeness (QED) is 0.469. The van der Waals surface area contributed by atoms with Gasteiger partial charge in [0.05, 0.1) is 11.0 Å². The van der Waals surface area contributed by atoms with Gasteiger partial charge in [-0.25, -0.2) is 0 Å². The van der Waals surface area contributed by atoms with Gasteiger partial charge in [0.1, 0.15) is 5.69 Å². The van der Waals surface area contributed by atoms with Gasteiger partial charge in [0.15, 0.2) is 0 Å². The standard InChI is InChI=1S/C21H23N3O4/c1-2-17(16-12-11-14-7-3-4-8-15(14)13-16)22-20(25)21(26)23-18-9-5-6-10-19(18)24(27)28/h5-6,9-13,17H,2-4,7-8H2,1H3,(H,22,25)(H,23,26). The van der Waals surface area contributed by atoms with Crippen LogP contribution in [0.25, 0.3) is 0 Å². The smallest absolute Gasteiger partial charge is 0.313 e. The second-order valence-electron chi connectivity index (χ2n) is 6.90. The van der Waals surface area contributed by atoms with Crippen LogP contribution in [-0.2, 0) is 22.4 Å². The van der Waals surface area contributed by atoms with E-state index in [-0.39, 0.29) is 17.4 Å². The third kappa shape index (κ3) is 4.36. The van der Waals surface area contributed by atoms with E-state index in [2.05, 4.69) is 22.8 Å². The minimum Gasteiger partial charge on any atom is -0.341 e. The molecule has 0 radical (unpaired) electrons. The minimum absolute atomic E-state index is 0.00511. The Labute approximate surface area is 163 Å². The number of fused-ring (bicyclic) bond motifs is 1. The number of aryl methyl sites for hydroxylation is 2. The highest BCUT2D eigenvalue weighted by atomic mass is 16.6. The monoisotopic (exact) mass is 381 g/mol. The number of benzene rings is 2. The Morgan fingerprint density at radius 3 is 2.50 bits per heavy atom. The molecular weight excluding hydrogens is 358 g/mol. The first kappa shape index (κ1) is 19.5. The number of rotatable bonds is 5. The predicted octanol–water partition coefficient (Wildman–Crippen LogP) is 3.68. The summed E-state index contributed by atoms with van der Waals surface area (Å²) in [5, 5.41) is 16.1. The highest BCUT2D eigenvalue weighted by molar-refractivity contribution is 6.39. The lowest BCUT2D eigenvalue weighted by molar-refractivity contribution is -0.383. The van der Waals surface area contributed by atoms with Crippen LogP contribution in [-0.4, -0.2) is 16.7 Å². The summed E-state index contributed by atoms with van der Waals surface area (Å²) in [6.45, 7) is 1.93. The van der Waals surface area contributed by atoms with E-state index < -0.39 is 16.7 Å². The summed E-state index contributed by atoms with van der Waals surface area (Å²) in [4.78, 5) is 35.1. The molecule has 7 heteroatoms. The van der Waals surface area contributed by atoms with Crippen LogP contribution < -0.4 is 10.6 Å². The third-order valence-electron chi connectivity index (χ3n) is 5.04. The molecule has 2 aromatic carbocycles. The Bertz CT molecular complexity index is 910. The van der Waals surface area contributed by atoms with Crippen molar-refractivity contribution >= 4 is 23.2 Å². The summed E-state index contributed by atoms with van der Waals surface area (Å²) in [6, 6.07) is 11.6.